The normalized spacial score (nSPS) is 27.6. The predicted molar refractivity (Wildman–Crippen MR) is 96.1 cm³/mol. The first-order valence-corrected chi connectivity index (χ1v) is 8.74. The molecular formula is C19H25N2O5-. The van der Waals surface area contributed by atoms with E-state index in [1.54, 1.807) is 0 Å². The van der Waals surface area contributed by atoms with Crippen molar-refractivity contribution >= 4 is 11.5 Å². The van der Waals surface area contributed by atoms with Crippen LogP contribution in [0.4, 0.5) is 5.69 Å². The lowest BCUT2D eigenvalue weighted by atomic mass is 9.94. The number of aliphatic hydroxyl groups is 2. The van der Waals surface area contributed by atoms with Crippen molar-refractivity contribution in [1.29, 1.82) is 0 Å². The zero-order valence-electron chi connectivity index (χ0n) is 15.1. The zero-order chi connectivity index (χ0) is 19.2. The Morgan fingerprint density at radius 3 is 2.50 bits per heavy atom. The Hall–Kier alpha value is -1.93. The van der Waals surface area contributed by atoms with E-state index in [9.17, 15) is 20.2 Å². The maximum Gasteiger partial charge on any atom is 0.161 e. The van der Waals surface area contributed by atoms with Gasteiger partial charge in [-0.15, -0.1) is 0 Å². The molecule has 2 saturated carbocycles. The van der Waals surface area contributed by atoms with E-state index in [1.807, 2.05) is 6.92 Å². The lowest BCUT2D eigenvalue weighted by molar-refractivity contribution is -0.115. The Morgan fingerprint density at radius 1 is 1.38 bits per heavy atom. The maximum atomic E-state index is 12.3. The number of allylic oxidation sites excluding steroid dienone is 2. The van der Waals surface area contributed by atoms with Crippen LogP contribution in [0.3, 0.4) is 0 Å². The van der Waals surface area contributed by atoms with Gasteiger partial charge >= 0.3 is 0 Å². The molecule has 4 N–H and O–H groups in total. The number of ketones is 1. The number of carbonyl (C=O) groups excluding carboxylic acids is 1. The molecular weight excluding hydrogens is 336 g/mol. The molecule has 4 atom stereocenters. The van der Waals surface area contributed by atoms with Crippen LogP contribution < -0.4 is 10.5 Å². The van der Waals surface area contributed by atoms with Gasteiger partial charge in [0.15, 0.2) is 5.78 Å². The number of nitrogens with zero attached hydrogens (tertiary/aromatic N) is 1. The van der Waals surface area contributed by atoms with Crippen molar-refractivity contribution in [2.24, 2.45) is 17.3 Å². The number of anilines is 1. The van der Waals surface area contributed by atoms with Crippen LogP contribution in [0.5, 0.6) is 0 Å². The number of nitrogens with one attached hydrogen (secondary N) is 1. The molecule has 2 aliphatic carbocycles. The molecule has 2 fully saturated rings. The Morgan fingerprint density at radius 2 is 2.00 bits per heavy atom. The van der Waals surface area contributed by atoms with Gasteiger partial charge in [-0.2, -0.15) is 0 Å². The maximum absolute atomic E-state index is 12.3. The van der Waals surface area contributed by atoms with Gasteiger partial charge in [-0.05, 0) is 41.9 Å². The van der Waals surface area contributed by atoms with E-state index in [0.29, 0.717) is 23.6 Å². The molecule has 1 aromatic carbocycles. The number of benzene rings is 1. The van der Waals surface area contributed by atoms with Crippen molar-refractivity contribution in [2.45, 2.75) is 39.3 Å². The van der Waals surface area contributed by atoms with Crippen LogP contribution in [-0.2, 0) is 4.79 Å². The summed E-state index contributed by atoms with van der Waals surface area (Å²) in [7, 11) is 0. The van der Waals surface area contributed by atoms with Crippen LogP contribution in [0.15, 0.2) is 35.5 Å². The van der Waals surface area contributed by atoms with Gasteiger partial charge in [-0.3, -0.25) is 10.0 Å². The van der Waals surface area contributed by atoms with Gasteiger partial charge in [-0.25, -0.2) is 0 Å². The average Bonchev–Trinajstić information content (AvgIpc) is 2.94. The van der Waals surface area contributed by atoms with Gasteiger partial charge < -0.3 is 26.0 Å². The van der Waals surface area contributed by atoms with Crippen molar-refractivity contribution in [2.75, 3.05) is 11.8 Å². The van der Waals surface area contributed by atoms with Crippen molar-refractivity contribution in [3.63, 3.8) is 0 Å². The Bertz CT molecular complexity index is 726. The fourth-order valence-electron chi connectivity index (χ4n) is 4.24. The van der Waals surface area contributed by atoms with Gasteiger partial charge in [0.25, 0.3) is 0 Å². The van der Waals surface area contributed by atoms with E-state index in [-0.39, 0.29) is 34.6 Å². The van der Waals surface area contributed by atoms with Crippen LogP contribution in [0.25, 0.3) is 0 Å². The summed E-state index contributed by atoms with van der Waals surface area (Å²) in [5.74, 6) is 0.768. The number of hydrogen-bond acceptors (Lipinski definition) is 7. The summed E-state index contributed by atoms with van der Waals surface area (Å²) in [5, 5.41) is 42.8. The predicted octanol–water partition coefficient (Wildman–Crippen LogP) is 1.88. The van der Waals surface area contributed by atoms with Crippen LogP contribution in [0.1, 0.15) is 38.9 Å². The highest BCUT2D eigenvalue weighted by Crippen LogP contribution is 2.68. The second-order valence-corrected chi connectivity index (χ2v) is 7.81. The quantitative estimate of drug-likeness (QED) is 0.451. The SMILES string of the molecule is CC(N[C@@H](CO)[C@H](O)c1ccc(N([O-])O)cc1)=C1C(=O)C[C@@H]2[C@@H]1C2(C)C. The van der Waals surface area contributed by atoms with Crippen LogP contribution in [-0.4, -0.2) is 33.9 Å². The molecule has 0 aliphatic heterocycles. The standard InChI is InChI=1S/C19H25N2O5/c1-10(16-15(23)8-13-17(16)19(13,2)3)20-14(9-22)18(24)11-4-6-12(7-5-11)21(25)26/h4-7,13-14,17-18,20,22,24-25H,8-9H2,1-3H3/q-1/t13-,14+,17+,18-/m1/s1. The summed E-state index contributed by atoms with van der Waals surface area (Å²) in [6, 6.07) is 5.08. The van der Waals surface area contributed by atoms with Crippen LogP contribution in [0.2, 0.25) is 0 Å². The van der Waals surface area contributed by atoms with Crippen molar-refractivity contribution in [3.05, 3.63) is 46.3 Å². The first-order chi connectivity index (χ1) is 12.2. The fourth-order valence-corrected chi connectivity index (χ4v) is 4.24. The lowest BCUT2D eigenvalue weighted by Crippen LogP contribution is -2.38. The molecule has 1 aromatic rings. The highest BCUT2D eigenvalue weighted by molar-refractivity contribution is 6.01. The molecule has 0 saturated heterocycles. The molecule has 26 heavy (non-hydrogen) atoms. The van der Waals surface area contributed by atoms with Gasteiger partial charge in [0.2, 0.25) is 0 Å². The molecule has 0 bridgehead atoms. The molecule has 0 unspecified atom stereocenters. The summed E-state index contributed by atoms with van der Waals surface area (Å²) >= 11 is 0. The highest BCUT2D eigenvalue weighted by atomic mass is 16.8. The van der Waals surface area contributed by atoms with Crippen LogP contribution >= 0.6 is 0 Å². The molecule has 0 aromatic heterocycles. The van der Waals surface area contributed by atoms with Gasteiger partial charge in [-0.1, -0.05) is 26.0 Å². The third-order valence-electron chi connectivity index (χ3n) is 5.91. The minimum Gasteiger partial charge on any atom is -0.733 e. The van der Waals surface area contributed by atoms with E-state index in [4.69, 9.17) is 5.21 Å². The van der Waals surface area contributed by atoms with Gasteiger partial charge in [0.05, 0.1) is 18.3 Å². The summed E-state index contributed by atoms with van der Waals surface area (Å²) in [6.45, 7) is 5.79. The fraction of sp³-hybridized carbons (Fsp3) is 0.526. The zero-order valence-corrected chi connectivity index (χ0v) is 15.1. The monoisotopic (exact) mass is 361 g/mol. The molecule has 2 aliphatic rings. The average molecular weight is 361 g/mol. The van der Waals surface area contributed by atoms with E-state index < -0.39 is 12.1 Å². The third-order valence-corrected chi connectivity index (χ3v) is 5.91. The minimum absolute atomic E-state index is 0.0475. The number of carbonyl (C=O) groups is 1. The molecule has 0 radical (unpaired) electrons. The van der Waals surface area contributed by atoms with Gasteiger partial charge in [0.1, 0.15) is 6.10 Å². The summed E-state index contributed by atoms with van der Waals surface area (Å²) in [5.41, 5.74) is 2.14. The van der Waals surface area contributed by atoms with Crippen molar-refractivity contribution in [3.8, 4) is 0 Å². The first kappa shape index (κ1) is 18.8. The van der Waals surface area contributed by atoms with Gasteiger partial charge in [0, 0.05) is 17.7 Å². The van der Waals surface area contributed by atoms with E-state index >= 15 is 0 Å². The smallest absolute Gasteiger partial charge is 0.161 e. The number of aliphatic hydroxyl groups excluding tert-OH is 2. The largest absolute Gasteiger partial charge is 0.733 e. The number of Topliss-reactive ketones (excluding diaryl/α,β-unsaturated/α-hetero) is 1. The third kappa shape index (κ3) is 3.12. The van der Waals surface area contributed by atoms with Crippen molar-refractivity contribution in [1.82, 2.24) is 5.32 Å². The summed E-state index contributed by atoms with van der Waals surface area (Å²) < 4.78 is 0. The van der Waals surface area contributed by atoms with Crippen molar-refractivity contribution < 1.29 is 20.2 Å². The topological polar surface area (TPSA) is 116 Å². The molecule has 0 spiro atoms. The number of fused-ring (bicyclic) bond motifs is 1. The number of rotatable bonds is 6. The molecule has 7 nitrogen and oxygen atoms in total. The summed E-state index contributed by atoms with van der Waals surface area (Å²) in [4.78, 5) is 12.3. The molecule has 0 amide bonds. The molecule has 142 valence electrons. The highest BCUT2D eigenvalue weighted by Gasteiger charge is 2.65. The Balaban J connectivity index is 1.76. The van der Waals surface area contributed by atoms with E-state index in [0.717, 1.165) is 5.57 Å². The second-order valence-electron chi connectivity index (χ2n) is 7.81. The van der Waals surface area contributed by atoms with E-state index in [2.05, 4.69) is 19.2 Å². The second kappa shape index (κ2) is 6.66. The Kier molecular flexibility index (Phi) is 4.83. The molecule has 7 heteroatoms. The molecule has 3 rings (SSSR count). The number of hydrogen-bond donors (Lipinski definition) is 4. The first-order valence-electron chi connectivity index (χ1n) is 8.74. The lowest BCUT2D eigenvalue weighted by Gasteiger charge is -2.26. The summed E-state index contributed by atoms with van der Waals surface area (Å²) in [6.07, 6.45) is -0.477. The molecule has 0 heterocycles. The minimum atomic E-state index is -1.04. The Labute approximate surface area is 152 Å². The van der Waals surface area contributed by atoms with E-state index in [1.165, 1.54) is 24.3 Å². The van der Waals surface area contributed by atoms with Crippen LogP contribution in [0, 0.1) is 22.5 Å².